The standard InChI is InChI=1S/C26H28ClNO.C4H10/c1-6-19(3)17-23(20(4)21-11-9-8-10-12-21)22-13-14-26(28(5)7-2)24(18-22)25(27)15-16-29;1-3-4-2/h6,8-18H,1,7H2,2-5H3;3-4H2,1-2H3/b19-17-,23-20-,25-15+;. The molecule has 33 heavy (non-hydrogen) atoms. The fourth-order valence-electron chi connectivity index (χ4n) is 3.09. The van der Waals surface area contributed by atoms with E-state index >= 15 is 0 Å². The van der Waals surface area contributed by atoms with Crippen LogP contribution >= 0.6 is 11.6 Å². The molecule has 0 heterocycles. The second-order valence-corrected chi connectivity index (χ2v) is 8.30. The summed E-state index contributed by atoms with van der Waals surface area (Å²) in [7, 11) is 2.01. The van der Waals surface area contributed by atoms with Crippen LogP contribution in [0.15, 0.2) is 78.9 Å². The highest BCUT2D eigenvalue weighted by atomic mass is 35.5. The number of hydrogen-bond donors (Lipinski definition) is 0. The highest BCUT2D eigenvalue weighted by Crippen LogP contribution is 2.35. The van der Waals surface area contributed by atoms with Crippen molar-refractivity contribution in [3.05, 3.63) is 95.6 Å². The Kier molecular flexibility index (Phi) is 12.9. The van der Waals surface area contributed by atoms with Crippen LogP contribution in [0, 0.1) is 0 Å². The zero-order valence-electron chi connectivity index (χ0n) is 21.0. The molecule has 0 saturated heterocycles. The lowest BCUT2D eigenvalue weighted by Crippen LogP contribution is -2.17. The normalized spacial score (nSPS) is 12.3. The van der Waals surface area contributed by atoms with Gasteiger partial charge in [0.05, 0.1) is 5.03 Å². The van der Waals surface area contributed by atoms with Crippen LogP contribution in [0.25, 0.3) is 16.2 Å². The largest absolute Gasteiger partial charge is 0.374 e. The number of nitrogens with zero attached hydrogens (tertiary/aromatic N) is 1. The van der Waals surface area contributed by atoms with Gasteiger partial charge in [-0.25, -0.2) is 0 Å². The van der Waals surface area contributed by atoms with Gasteiger partial charge in [-0.2, -0.15) is 0 Å². The highest BCUT2D eigenvalue weighted by Gasteiger charge is 2.14. The number of carbonyl (C=O) groups excluding carboxylic acids is 1. The Hall–Kier alpha value is -2.84. The lowest BCUT2D eigenvalue weighted by Gasteiger charge is -2.22. The maximum absolute atomic E-state index is 11.0. The van der Waals surface area contributed by atoms with Gasteiger partial charge in [-0.15, -0.1) is 0 Å². The first-order valence-electron chi connectivity index (χ1n) is 11.6. The molecule has 0 bridgehead atoms. The predicted molar refractivity (Wildman–Crippen MR) is 149 cm³/mol. The maximum Gasteiger partial charge on any atom is 0.144 e. The summed E-state index contributed by atoms with van der Waals surface area (Å²) >= 11 is 6.47. The molecule has 0 fully saturated rings. The third-order valence-electron chi connectivity index (χ3n) is 5.47. The SMILES string of the molecule is C=C/C(C)=C\C(=C(/C)c1ccccc1)c1ccc(N(C)CC)c(/C(Cl)=C\C=O)c1.CCCC. The van der Waals surface area contributed by atoms with Crippen molar-refractivity contribution in [3.8, 4) is 0 Å². The summed E-state index contributed by atoms with van der Waals surface area (Å²) < 4.78 is 0. The number of halogens is 1. The maximum atomic E-state index is 11.0. The molecule has 176 valence electrons. The van der Waals surface area contributed by atoms with Crippen molar-refractivity contribution >= 4 is 39.8 Å². The van der Waals surface area contributed by atoms with Gasteiger partial charge in [0.1, 0.15) is 6.29 Å². The zero-order chi connectivity index (χ0) is 24.8. The molecule has 0 aliphatic heterocycles. The van der Waals surface area contributed by atoms with Crippen molar-refractivity contribution in [1.29, 1.82) is 0 Å². The van der Waals surface area contributed by atoms with Gasteiger partial charge in [-0.3, -0.25) is 4.79 Å². The molecule has 0 aliphatic carbocycles. The molecule has 0 unspecified atom stereocenters. The smallest absolute Gasteiger partial charge is 0.144 e. The van der Waals surface area contributed by atoms with E-state index in [1.807, 2.05) is 38.2 Å². The second-order valence-electron chi connectivity index (χ2n) is 7.89. The zero-order valence-corrected chi connectivity index (χ0v) is 21.7. The first-order valence-corrected chi connectivity index (χ1v) is 12.0. The molecule has 0 spiro atoms. The van der Waals surface area contributed by atoms with E-state index in [0.29, 0.717) is 5.03 Å². The van der Waals surface area contributed by atoms with E-state index in [2.05, 4.69) is 75.6 Å². The van der Waals surface area contributed by atoms with Crippen LogP contribution in [0.2, 0.25) is 0 Å². The fourth-order valence-corrected chi connectivity index (χ4v) is 3.29. The number of unbranched alkanes of at least 4 members (excludes halogenated alkanes) is 1. The van der Waals surface area contributed by atoms with E-state index in [0.717, 1.165) is 51.9 Å². The third kappa shape index (κ3) is 8.55. The molecule has 0 atom stereocenters. The Balaban J connectivity index is 0.00000125. The molecule has 0 N–H and O–H groups in total. The molecule has 0 aliphatic rings. The summed E-state index contributed by atoms with van der Waals surface area (Å²) in [5.74, 6) is 0. The molecule has 2 rings (SSSR count). The Morgan fingerprint density at radius 3 is 2.15 bits per heavy atom. The number of benzene rings is 2. The number of rotatable bonds is 9. The van der Waals surface area contributed by atoms with E-state index < -0.39 is 0 Å². The Morgan fingerprint density at radius 1 is 1.00 bits per heavy atom. The Morgan fingerprint density at radius 2 is 1.64 bits per heavy atom. The van der Waals surface area contributed by atoms with Crippen LogP contribution in [0.3, 0.4) is 0 Å². The van der Waals surface area contributed by atoms with Gasteiger partial charge in [0.25, 0.3) is 0 Å². The summed E-state index contributed by atoms with van der Waals surface area (Å²) in [4.78, 5) is 13.1. The van der Waals surface area contributed by atoms with Gasteiger partial charge in [-0.1, -0.05) is 99.0 Å². The van der Waals surface area contributed by atoms with Crippen LogP contribution in [0.4, 0.5) is 5.69 Å². The summed E-state index contributed by atoms with van der Waals surface area (Å²) in [6.07, 6.45) is 8.73. The molecule has 2 aromatic carbocycles. The van der Waals surface area contributed by atoms with Crippen molar-refractivity contribution in [2.24, 2.45) is 0 Å². The first-order chi connectivity index (χ1) is 15.8. The molecule has 0 saturated carbocycles. The average molecular weight is 464 g/mol. The molecule has 0 aromatic heterocycles. The van der Waals surface area contributed by atoms with Crippen molar-refractivity contribution in [2.45, 2.75) is 47.5 Å². The van der Waals surface area contributed by atoms with E-state index in [9.17, 15) is 4.79 Å². The van der Waals surface area contributed by atoms with Gasteiger partial charge >= 0.3 is 0 Å². The van der Waals surface area contributed by atoms with Gasteiger partial charge in [0.15, 0.2) is 0 Å². The number of aldehydes is 1. The summed E-state index contributed by atoms with van der Waals surface area (Å²) in [5, 5.41) is 0.429. The van der Waals surface area contributed by atoms with E-state index in [1.165, 1.54) is 18.9 Å². The topological polar surface area (TPSA) is 20.3 Å². The Bertz CT molecular complexity index is 997. The van der Waals surface area contributed by atoms with E-state index in [-0.39, 0.29) is 0 Å². The first kappa shape index (κ1) is 28.2. The summed E-state index contributed by atoms with van der Waals surface area (Å²) in [5.41, 5.74) is 7.33. The minimum atomic E-state index is 0.429. The van der Waals surface area contributed by atoms with E-state index in [1.54, 1.807) is 0 Å². The number of hydrogen-bond acceptors (Lipinski definition) is 2. The van der Waals surface area contributed by atoms with Crippen LogP contribution in [-0.2, 0) is 4.79 Å². The average Bonchev–Trinajstić information content (AvgIpc) is 2.86. The predicted octanol–water partition coefficient (Wildman–Crippen LogP) is 8.79. The second kappa shape index (κ2) is 15.1. The fraction of sp³-hybridized carbons (Fsp3) is 0.300. The number of anilines is 1. The number of allylic oxidation sites excluding steroid dienone is 6. The molecule has 2 aromatic rings. The third-order valence-corrected chi connectivity index (χ3v) is 5.80. The highest BCUT2D eigenvalue weighted by molar-refractivity contribution is 6.50. The van der Waals surface area contributed by atoms with Gasteiger partial charge in [0, 0.05) is 24.8 Å². The van der Waals surface area contributed by atoms with Crippen LogP contribution in [0.1, 0.15) is 64.2 Å². The molecular formula is C30H38ClNO. The minimum absolute atomic E-state index is 0.429. The van der Waals surface area contributed by atoms with Crippen LogP contribution < -0.4 is 4.90 Å². The molecule has 0 amide bonds. The van der Waals surface area contributed by atoms with Gasteiger partial charge in [0.2, 0.25) is 0 Å². The van der Waals surface area contributed by atoms with Crippen molar-refractivity contribution in [1.82, 2.24) is 0 Å². The minimum Gasteiger partial charge on any atom is -0.374 e. The monoisotopic (exact) mass is 463 g/mol. The lowest BCUT2D eigenvalue weighted by molar-refractivity contribution is -0.104. The molecule has 2 nitrogen and oxygen atoms in total. The van der Waals surface area contributed by atoms with Crippen molar-refractivity contribution in [3.63, 3.8) is 0 Å². The summed E-state index contributed by atoms with van der Waals surface area (Å²) in [6.45, 7) is 15.3. The Labute approximate surface area is 206 Å². The van der Waals surface area contributed by atoms with Gasteiger partial charge in [-0.05, 0) is 61.3 Å². The lowest BCUT2D eigenvalue weighted by atomic mass is 9.92. The summed E-state index contributed by atoms with van der Waals surface area (Å²) in [6, 6.07) is 16.5. The molecular weight excluding hydrogens is 426 g/mol. The van der Waals surface area contributed by atoms with Gasteiger partial charge < -0.3 is 4.90 Å². The number of carbonyl (C=O) groups is 1. The molecule has 0 radical (unpaired) electrons. The van der Waals surface area contributed by atoms with Crippen molar-refractivity contribution < 1.29 is 4.79 Å². The van der Waals surface area contributed by atoms with Crippen LogP contribution in [0.5, 0.6) is 0 Å². The van der Waals surface area contributed by atoms with E-state index in [4.69, 9.17) is 11.6 Å². The quantitative estimate of drug-likeness (QED) is 0.160. The van der Waals surface area contributed by atoms with Crippen LogP contribution in [-0.4, -0.2) is 19.9 Å². The molecule has 3 heteroatoms. The van der Waals surface area contributed by atoms with Crippen molar-refractivity contribution in [2.75, 3.05) is 18.5 Å².